The molecule has 0 bridgehead atoms. The summed E-state index contributed by atoms with van der Waals surface area (Å²) in [5, 5.41) is 8.98. The number of benzene rings is 1. The number of methoxy groups -OCH3 is 1. The maximum atomic E-state index is 13.9. The van der Waals surface area contributed by atoms with Crippen molar-refractivity contribution in [2.75, 3.05) is 13.7 Å². The first-order chi connectivity index (χ1) is 10.8. The van der Waals surface area contributed by atoms with Crippen LogP contribution in [-0.2, 0) is 14.3 Å². The minimum absolute atomic E-state index is 0.216. The largest absolute Gasteiger partial charge is 0.481 e. The zero-order valence-corrected chi connectivity index (χ0v) is 13.0. The molecule has 1 heterocycles. The first-order valence-corrected chi connectivity index (χ1v) is 7.34. The van der Waals surface area contributed by atoms with E-state index in [0.717, 1.165) is 12.1 Å². The summed E-state index contributed by atoms with van der Waals surface area (Å²) >= 11 is 0. The van der Waals surface area contributed by atoms with E-state index in [1.807, 2.05) is 0 Å². The Labute approximate surface area is 132 Å². The molecule has 1 aliphatic heterocycles. The summed E-state index contributed by atoms with van der Waals surface area (Å²) in [5.41, 5.74) is -0.299. The minimum atomic E-state index is -1.04. The third-order valence-electron chi connectivity index (χ3n) is 4.21. The average Bonchev–Trinajstić information content (AvgIpc) is 2.88. The number of nitrogens with zero attached hydrogens (tertiary/aromatic N) is 1. The fraction of sp³-hybridized carbons (Fsp3) is 0.500. The van der Waals surface area contributed by atoms with E-state index >= 15 is 0 Å². The van der Waals surface area contributed by atoms with E-state index < -0.39 is 35.5 Å². The highest BCUT2D eigenvalue weighted by Crippen LogP contribution is 2.29. The molecule has 2 rings (SSSR count). The van der Waals surface area contributed by atoms with E-state index in [1.54, 1.807) is 0 Å². The van der Waals surface area contributed by atoms with Gasteiger partial charge in [-0.3, -0.25) is 9.59 Å². The standard InChI is InChI=1S/C16H19F2NO4/c1-9(15-12(17)4-3-5-13(15)18)16(22)19-8-11(23-2)6-10(19)7-14(20)21/h3-5,9-11H,6-8H2,1-2H3,(H,20,21). The fourth-order valence-electron chi connectivity index (χ4n) is 3.01. The Morgan fingerprint density at radius 1 is 1.39 bits per heavy atom. The van der Waals surface area contributed by atoms with Crippen molar-refractivity contribution in [1.29, 1.82) is 0 Å². The molecule has 0 saturated carbocycles. The van der Waals surface area contributed by atoms with Gasteiger partial charge in [0.2, 0.25) is 5.91 Å². The van der Waals surface area contributed by atoms with Gasteiger partial charge in [0.1, 0.15) is 11.6 Å². The zero-order chi connectivity index (χ0) is 17.1. The number of halogens is 2. The van der Waals surface area contributed by atoms with Crippen LogP contribution in [0.15, 0.2) is 18.2 Å². The molecule has 1 aromatic rings. The van der Waals surface area contributed by atoms with Crippen molar-refractivity contribution in [1.82, 2.24) is 4.90 Å². The molecule has 1 fully saturated rings. The number of carbonyl (C=O) groups is 2. The highest BCUT2D eigenvalue weighted by molar-refractivity contribution is 5.84. The summed E-state index contributed by atoms with van der Waals surface area (Å²) in [6.07, 6.45) is -0.111. The van der Waals surface area contributed by atoms with E-state index in [0.29, 0.717) is 6.42 Å². The van der Waals surface area contributed by atoms with E-state index in [-0.39, 0.29) is 24.6 Å². The maximum absolute atomic E-state index is 13.9. The fourth-order valence-corrected chi connectivity index (χ4v) is 3.01. The van der Waals surface area contributed by atoms with Gasteiger partial charge in [0.25, 0.3) is 0 Å². The zero-order valence-electron chi connectivity index (χ0n) is 13.0. The summed E-state index contributed by atoms with van der Waals surface area (Å²) < 4.78 is 32.9. The molecule has 23 heavy (non-hydrogen) atoms. The highest BCUT2D eigenvalue weighted by atomic mass is 19.1. The van der Waals surface area contributed by atoms with Crippen LogP contribution in [0.25, 0.3) is 0 Å². The second kappa shape index (κ2) is 7.04. The van der Waals surface area contributed by atoms with Gasteiger partial charge in [-0.25, -0.2) is 8.78 Å². The normalized spacial score (nSPS) is 22.2. The second-order valence-corrected chi connectivity index (χ2v) is 5.69. The number of carboxylic acids is 1. The molecule has 1 N–H and O–H groups in total. The lowest BCUT2D eigenvalue weighted by Crippen LogP contribution is -2.40. The van der Waals surface area contributed by atoms with Gasteiger partial charge in [-0.1, -0.05) is 6.07 Å². The first kappa shape index (κ1) is 17.3. The molecule has 1 aromatic carbocycles. The van der Waals surface area contributed by atoms with Crippen LogP contribution >= 0.6 is 0 Å². The second-order valence-electron chi connectivity index (χ2n) is 5.69. The molecule has 126 valence electrons. The number of ether oxygens (including phenoxy) is 1. The van der Waals surface area contributed by atoms with Gasteiger partial charge in [0.05, 0.1) is 18.4 Å². The molecule has 3 unspecified atom stereocenters. The number of carbonyl (C=O) groups excluding carboxylic acids is 1. The van der Waals surface area contributed by atoms with E-state index in [1.165, 1.54) is 25.0 Å². The van der Waals surface area contributed by atoms with Gasteiger partial charge in [0, 0.05) is 25.3 Å². The maximum Gasteiger partial charge on any atom is 0.305 e. The number of hydrogen-bond donors (Lipinski definition) is 1. The number of hydrogen-bond acceptors (Lipinski definition) is 3. The molecule has 5 nitrogen and oxygen atoms in total. The molecule has 0 spiro atoms. The Bertz CT molecular complexity index is 587. The van der Waals surface area contributed by atoms with E-state index in [9.17, 15) is 18.4 Å². The van der Waals surface area contributed by atoms with Gasteiger partial charge in [-0.2, -0.15) is 0 Å². The predicted octanol–water partition coefficient (Wildman–Crippen LogP) is 2.16. The summed E-state index contributed by atoms with van der Waals surface area (Å²) in [6.45, 7) is 1.63. The van der Waals surface area contributed by atoms with Crippen molar-refractivity contribution < 1.29 is 28.2 Å². The Morgan fingerprint density at radius 2 is 2.00 bits per heavy atom. The quantitative estimate of drug-likeness (QED) is 0.900. The van der Waals surface area contributed by atoms with Gasteiger partial charge in [0.15, 0.2) is 0 Å². The summed E-state index contributed by atoms with van der Waals surface area (Å²) in [4.78, 5) is 25.0. The highest BCUT2D eigenvalue weighted by Gasteiger charge is 2.39. The lowest BCUT2D eigenvalue weighted by atomic mass is 9.97. The predicted molar refractivity (Wildman–Crippen MR) is 77.9 cm³/mol. The van der Waals surface area contributed by atoms with Crippen molar-refractivity contribution >= 4 is 11.9 Å². The van der Waals surface area contributed by atoms with Crippen LogP contribution in [0.3, 0.4) is 0 Å². The van der Waals surface area contributed by atoms with Crippen LogP contribution < -0.4 is 0 Å². The summed E-state index contributed by atoms with van der Waals surface area (Å²) in [6, 6.07) is 2.88. The topological polar surface area (TPSA) is 66.8 Å². The van der Waals surface area contributed by atoms with Crippen LogP contribution in [0, 0.1) is 11.6 Å². The van der Waals surface area contributed by atoms with Gasteiger partial charge in [-0.15, -0.1) is 0 Å². The Kier molecular flexibility index (Phi) is 5.30. The number of carboxylic acid groups (broad SMARTS) is 1. The molecule has 0 aromatic heterocycles. The smallest absolute Gasteiger partial charge is 0.305 e. The molecule has 7 heteroatoms. The van der Waals surface area contributed by atoms with Gasteiger partial charge < -0.3 is 14.7 Å². The molecular weight excluding hydrogens is 308 g/mol. The van der Waals surface area contributed by atoms with Crippen molar-refractivity contribution in [3.63, 3.8) is 0 Å². The minimum Gasteiger partial charge on any atom is -0.481 e. The van der Waals surface area contributed by atoms with E-state index in [4.69, 9.17) is 9.84 Å². The molecule has 1 aliphatic rings. The van der Waals surface area contributed by atoms with E-state index in [2.05, 4.69) is 0 Å². The van der Waals surface area contributed by atoms with Crippen LogP contribution in [-0.4, -0.2) is 47.7 Å². The molecule has 0 radical (unpaired) electrons. The average molecular weight is 327 g/mol. The van der Waals surface area contributed by atoms with Crippen LogP contribution in [0.2, 0.25) is 0 Å². The first-order valence-electron chi connectivity index (χ1n) is 7.34. The van der Waals surface area contributed by atoms with Crippen LogP contribution in [0.4, 0.5) is 8.78 Å². The van der Waals surface area contributed by atoms with Crippen LogP contribution in [0.1, 0.15) is 31.2 Å². The SMILES string of the molecule is COC1CC(CC(=O)O)N(C(=O)C(C)c2c(F)cccc2F)C1. The Balaban J connectivity index is 2.24. The summed E-state index contributed by atoms with van der Waals surface area (Å²) in [5.74, 6) is -4.15. The molecule has 1 amide bonds. The van der Waals surface area contributed by atoms with Crippen molar-refractivity contribution in [3.8, 4) is 0 Å². The summed E-state index contributed by atoms with van der Waals surface area (Å²) in [7, 11) is 1.48. The van der Waals surface area contributed by atoms with Gasteiger partial charge in [-0.05, 0) is 25.5 Å². The van der Waals surface area contributed by atoms with Gasteiger partial charge >= 0.3 is 5.97 Å². The van der Waals surface area contributed by atoms with Crippen molar-refractivity contribution in [2.45, 2.75) is 37.8 Å². The number of aliphatic carboxylic acids is 1. The lowest BCUT2D eigenvalue weighted by molar-refractivity contribution is -0.140. The van der Waals surface area contributed by atoms with Crippen molar-refractivity contribution in [3.05, 3.63) is 35.4 Å². The number of amides is 1. The third kappa shape index (κ3) is 3.67. The molecule has 3 atom stereocenters. The van der Waals surface area contributed by atoms with Crippen molar-refractivity contribution in [2.24, 2.45) is 0 Å². The molecular formula is C16H19F2NO4. The Morgan fingerprint density at radius 3 is 2.52 bits per heavy atom. The third-order valence-corrected chi connectivity index (χ3v) is 4.21. The van der Waals surface area contributed by atoms with Crippen LogP contribution in [0.5, 0.6) is 0 Å². The lowest BCUT2D eigenvalue weighted by Gasteiger charge is -2.27. The molecule has 1 saturated heterocycles. The Hall–Kier alpha value is -2.02. The monoisotopic (exact) mass is 327 g/mol. The number of likely N-dealkylation sites (tertiary alicyclic amines) is 1. The number of rotatable bonds is 5. The molecule has 0 aliphatic carbocycles.